The highest BCUT2D eigenvalue weighted by Gasteiger charge is 2.51. The van der Waals surface area contributed by atoms with Crippen molar-refractivity contribution in [3.05, 3.63) is 48.5 Å². The Morgan fingerprint density at radius 3 is 2.38 bits per heavy atom. The highest BCUT2D eigenvalue weighted by atomic mass is 32.1. The fourth-order valence-corrected chi connectivity index (χ4v) is 8.17. The maximum absolute atomic E-state index is 13.0. The zero-order chi connectivity index (χ0) is 21.7. The Kier molecular flexibility index (Phi) is 5.03. The molecular formula is C26H27N3OS2. The largest absolute Gasteiger partial charge is 0.332 e. The molecule has 4 fully saturated rings. The highest BCUT2D eigenvalue weighted by Crippen LogP contribution is 2.61. The van der Waals surface area contributed by atoms with E-state index in [0.717, 1.165) is 44.2 Å². The lowest BCUT2D eigenvalue weighted by molar-refractivity contribution is -0.127. The zero-order valence-corrected chi connectivity index (χ0v) is 19.6. The van der Waals surface area contributed by atoms with Crippen LogP contribution in [-0.4, -0.2) is 16.0 Å². The summed E-state index contributed by atoms with van der Waals surface area (Å²) in [7, 11) is 0. The van der Waals surface area contributed by atoms with Gasteiger partial charge in [0.15, 0.2) is 5.11 Å². The van der Waals surface area contributed by atoms with E-state index in [4.69, 9.17) is 17.2 Å². The number of thiocarbonyl (C=S) groups is 1. The summed E-state index contributed by atoms with van der Waals surface area (Å²) in [4.78, 5) is 17.7. The lowest BCUT2D eigenvalue weighted by Crippen LogP contribution is -2.48. The molecule has 0 atom stereocenters. The van der Waals surface area contributed by atoms with Crippen molar-refractivity contribution < 1.29 is 4.79 Å². The quantitative estimate of drug-likeness (QED) is 0.443. The standard InChI is InChI=1S/C26H27N3OS2/c30-23(15-26-12-16-9-17(13-26)11-18(10-16)14-26)29-25(31)28-20-6-2-1-5-19(20)24-27-21-7-3-4-8-22(21)32-24/h1-8,16-18H,9-15H2,(H2,28,29,30,31). The van der Waals surface area contributed by atoms with Gasteiger partial charge in [0.05, 0.1) is 15.9 Å². The first kappa shape index (κ1) is 20.3. The van der Waals surface area contributed by atoms with E-state index >= 15 is 0 Å². The monoisotopic (exact) mass is 461 g/mol. The van der Waals surface area contributed by atoms with E-state index in [9.17, 15) is 4.79 Å². The molecule has 4 saturated carbocycles. The number of nitrogens with one attached hydrogen (secondary N) is 2. The Morgan fingerprint density at radius 2 is 1.66 bits per heavy atom. The third-order valence-corrected chi connectivity index (χ3v) is 8.93. The molecule has 0 saturated heterocycles. The van der Waals surface area contributed by atoms with Gasteiger partial charge in [-0.2, -0.15) is 0 Å². The van der Waals surface area contributed by atoms with Crippen molar-refractivity contribution in [3.63, 3.8) is 0 Å². The minimum Gasteiger partial charge on any atom is -0.332 e. The first-order valence-corrected chi connectivity index (χ1v) is 12.8. The van der Waals surface area contributed by atoms with Crippen molar-refractivity contribution in [1.82, 2.24) is 10.3 Å². The number of carbonyl (C=O) groups is 1. The molecule has 7 rings (SSSR count). The van der Waals surface area contributed by atoms with Crippen LogP contribution in [-0.2, 0) is 4.79 Å². The molecule has 0 spiro atoms. The average molecular weight is 462 g/mol. The van der Waals surface area contributed by atoms with Crippen LogP contribution in [0.5, 0.6) is 0 Å². The molecule has 1 heterocycles. The molecule has 1 amide bonds. The third kappa shape index (κ3) is 3.84. The Morgan fingerprint density at radius 1 is 1.00 bits per heavy atom. The molecule has 32 heavy (non-hydrogen) atoms. The Hall–Kier alpha value is -2.31. The molecule has 4 aliphatic carbocycles. The number of hydrogen-bond donors (Lipinski definition) is 2. The zero-order valence-electron chi connectivity index (χ0n) is 18.0. The van der Waals surface area contributed by atoms with Gasteiger partial charge < -0.3 is 10.6 Å². The fourth-order valence-electron chi connectivity index (χ4n) is 6.94. The number of nitrogens with zero attached hydrogens (tertiary/aromatic N) is 1. The van der Waals surface area contributed by atoms with Gasteiger partial charge in [0.25, 0.3) is 0 Å². The molecule has 0 unspecified atom stereocenters. The maximum Gasteiger partial charge on any atom is 0.226 e. The first-order valence-electron chi connectivity index (χ1n) is 11.6. The summed E-state index contributed by atoms with van der Waals surface area (Å²) >= 11 is 7.20. The molecule has 2 N–H and O–H groups in total. The number of carbonyl (C=O) groups excluding carboxylic acids is 1. The summed E-state index contributed by atoms with van der Waals surface area (Å²) in [5.74, 6) is 2.60. The van der Waals surface area contributed by atoms with Gasteiger partial charge in [-0.3, -0.25) is 4.79 Å². The normalized spacial score (nSPS) is 28.1. The molecule has 6 heteroatoms. The van der Waals surface area contributed by atoms with Crippen LogP contribution in [0, 0.1) is 23.2 Å². The molecule has 4 bridgehead atoms. The van der Waals surface area contributed by atoms with Crippen molar-refractivity contribution in [2.24, 2.45) is 23.2 Å². The van der Waals surface area contributed by atoms with E-state index < -0.39 is 0 Å². The summed E-state index contributed by atoms with van der Waals surface area (Å²) in [6.45, 7) is 0. The molecule has 1 aromatic heterocycles. The van der Waals surface area contributed by atoms with Crippen molar-refractivity contribution in [1.29, 1.82) is 0 Å². The molecular weight excluding hydrogens is 434 g/mol. The lowest BCUT2D eigenvalue weighted by atomic mass is 9.49. The number of para-hydroxylation sites is 2. The lowest BCUT2D eigenvalue weighted by Gasteiger charge is -2.56. The molecule has 3 aromatic rings. The molecule has 2 aromatic carbocycles. The van der Waals surface area contributed by atoms with Crippen LogP contribution < -0.4 is 10.6 Å². The van der Waals surface area contributed by atoms with Crippen LogP contribution in [0.2, 0.25) is 0 Å². The van der Waals surface area contributed by atoms with Crippen molar-refractivity contribution >= 4 is 50.5 Å². The summed E-state index contributed by atoms with van der Waals surface area (Å²) < 4.78 is 1.16. The van der Waals surface area contributed by atoms with Gasteiger partial charge in [-0.15, -0.1) is 11.3 Å². The van der Waals surface area contributed by atoms with Gasteiger partial charge in [-0.05, 0) is 98.2 Å². The minimum atomic E-state index is 0.0573. The number of thiazole rings is 1. The summed E-state index contributed by atoms with van der Waals surface area (Å²) in [6, 6.07) is 16.1. The topological polar surface area (TPSA) is 54.0 Å². The highest BCUT2D eigenvalue weighted by molar-refractivity contribution is 7.80. The second-order valence-electron chi connectivity index (χ2n) is 10.1. The third-order valence-electron chi connectivity index (χ3n) is 7.65. The molecule has 0 aliphatic heterocycles. The SMILES string of the molecule is O=C(CC12CC3CC(CC(C3)C1)C2)NC(=S)Nc1ccccc1-c1nc2ccccc2s1. The number of rotatable bonds is 4. The number of amides is 1. The predicted octanol–water partition coefficient (Wildman–Crippen LogP) is 6.38. The van der Waals surface area contributed by atoms with Crippen molar-refractivity contribution in [2.75, 3.05) is 5.32 Å². The van der Waals surface area contributed by atoms with Crippen LogP contribution in [0.4, 0.5) is 5.69 Å². The summed E-state index contributed by atoms with van der Waals surface area (Å²) in [5.41, 5.74) is 3.07. The Labute approximate surface area is 197 Å². The predicted molar refractivity (Wildman–Crippen MR) is 135 cm³/mol. The summed E-state index contributed by atoms with van der Waals surface area (Å²) in [5, 5.41) is 7.54. The van der Waals surface area contributed by atoms with Gasteiger partial charge in [0, 0.05) is 12.0 Å². The van der Waals surface area contributed by atoms with Gasteiger partial charge in [0.1, 0.15) is 5.01 Å². The van der Waals surface area contributed by atoms with E-state index in [1.54, 1.807) is 11.3 Å². The van der Waals surface area contributed by atoms with Gasteiger partial charge >= 0.3 is 0 Å². The van der Waals surface area contributed by atoms with Crippen LogP contribution in [0.25, 0.3) is 20.8 Å². The van der Waals surface area contributed by atoms with Crippen LogP contribution in [0.15, 0.2) is 48.5 Å². The number of hydrogen-bond acceptors (Lipinski definition) is 4. The Bertz CT molecular complexity index is 1130. The summed E-state index contributed by atoms with van der Waals surface area (Å²) in [6.07, 6.45) is 8.47. The van der Waals surface area contributed by atoms with Crippen molar-refractivity contribution in [3.8, 4) is 10.6 Å². The van der Waals surface area contributed by atoms with E-state index in [-0.39, 0.29) is 11.3 Å². The molecule has 4 nitrogen and oxygen atoms in total. The van der Waals surface area contributed by atoms with Crippen LogP contribution >= 0.6 is 23.6 Å². The molecule has 4 aliphatic rings. The Balaban J connectivity index is 1.14. The number of fused-ring (bicyclic) bond motifs is 1. The number of benzene rings is 2. The van der Waals surface area contributed by atoms with E-state index in [1.165, 1.54) is 38.5 Å². The van der Waals surface area contributed by atoms with Crippen LogP contribution in [0.1, 0.15) is 44.9 Å². The smallest absolute Gasteiger partial charge is 0.226 e. The van der Waals surface area contributed by atoms with E-state index in [0.29, 0.717) is 11.5 Å². The molecule has 164 valence electrons. The average Bonchev–Trinajstić information content (AvgIpc) is 3.16. The second-order valence-corrected chi connectivity index (χ2v) is 11.6. The van der Waals surface area contributed by atoms with Crippen LogP contribution in [0.3, 0.4) is 0 Å². The van der Waals surface area contributed by atoms with E-state index in [1.807, 2.05) is 42.5 Å². The number of aromatic nitrogens is 1. The maximum atomic E-state index is 13.0. The van der Waals surface area contributed by atoms with Gasteiger partial charge in [-0.25, -0.2) is 4.98 Å². The van der Waals surface area contributed by atoms with Gasteiger partial charge in [0.2, 0.25) is 5.91 Å². The van der Waals surface area contributed by atoms with Gasteiger partial charge in [-0.1, -0.05) is 24.3 Å². The first-order chi connectivity index (χ1) is 15.6. The number of anilines is 1. The second kappa shape index (κ2) is 7.92. The molecule has 0 radical (unpaired) electrons. The fraction of sp³-hybridized carbons (Fsp3) is 0.423. The van der Waals surface area contributed by atoms with Crippen molar-refractivity contribution in [2.45, 2.75) is 44.9 Å². The van der Waals surface area contributed by atoms with E-state index in [2.05, 4.69) is 16.7 Å². The minimum absolute atomic E-state index is 0.0573.